The Hall–Kier alpha value is -7.21. The lowest BCUT2D eigenvalue weighted by Gasteiger charge is -2.67. The zero-order chi connectivity index (χ0) is 52.6. The van der Waals surface area contributed by atoms with Crippen molar-refractivity contribution in [3.63, 3.8) is 0 Å². The minimum atomic E-state index is -2.48. The van der Waals surface area contributed by atoms with Crippen molar-refractivity contribution in [3.05, 3.63) is 154 Å². The molecule has 384 valence electrons. The van der Waals surface area contributed by atoms with Crippen LogP contribution in [0, 0.1) is 23.7 Å². The number of esters is 4. The molecular weight excluding hydrogens is 943 g/mol. The first-order valence-corrected chi connectivity index (χ1v) is 24.0. The highest BCUT2D eigenvalue weighted by Crippen LogP contribution is 2.64. The maximum Gasteiger partial charge on any atom is 0.509 e. The number of fused-ring (bicyclic) bond motifs is 5. The van der Waals surface area contributed by atoms with E-state index in [1.165, 1.54) is 26.0 Å². The van der Waals surface area contributed by atoms with Crippen LogP contribution in [0.25, 0.3) is 0 Å². The number of ketones is 1. The fourth-order valence-electron chi connectivity index (χ4n) is 11.2. The van der Waals surface area contributed by atoms with Crippen LogP contribution in [0.15, 0.2) is 126 Å². The molecule has 4 aromatic rings. The Morgan fingerprint density at radius 3 is 1.96 bits per heavy atom. The number of carbonyl (C=O) groups is 7. The third kappa shape index (κ3) is 9.64. The van der Waals surface area contributed by atoms with Crippen LogP contribution >= 0.6 is 0 Å². The van der Waals surface area contributed by atoms with E-state index in [9.17, 15) is 34.2 Å². The molecule has 3 aliphatic carbocycles. The highest BCUT2D eigenvalue weighted by Gasteiger charge is 2.78. The van der Waals surface area contributed by atoms with Crippen LogP contribution in [0.1, 0.15) is 97.8 Å². The summed E-state index contributed by atoms with van der Waals surface area (Å²) in [6, 6.07) is 29.8. The van der Waals surface area contributed by atoms with E-state index in [0.717, 1.165) is 19.4 Å². The fraction of sp³-hybridized carbons (Fsp3) is 0.411. The maximum atomic E-state index is 15.8. The van der Waals surface area contributed by atoms with Gasteiger partial charge >= 0.3 is 30.0 Å². The first-order chi connectivity index (χ1) is 34.6. The number of aliphatic hydroxyl groups excluding tert-OH is 1. The van der Waals surface area contributed by atoms with Crippen LogP contribution in [0.3, 0.4) is 0 Å². The average Bonchev–Trinajstić information content (AvgIpc) is 3.36. The topological polar surface area (TPSA) is 237 Å². The van der Waals surface area contributed by atoms with Crippen molar-refractivity contribution in [2.75, 3.05) is 6.61 Å². The van der Waals surface area contributed by atoms with Gasteiger partial charge in [-0.25, -0.2) is 14.4 Å². The number of Topliss-reactive ketones (excluding diaryl/α,β-unsaturated/α-hetero) is 1. The van der Waals surface area contributed by atoms with Crippen LogP contribution in [-0.4, -0.2) is 106 Å². The van der Waals surface area contributed by atoms with E-state index in [0.29, 0.717) is 11.1 Å². The Morgan fingerprint density at radius 1 is 0.781 bits per heavy atom. The predicted molar refractivity (Wildman–Crippen MR) is 258 cm³/mol. The maximum absolute atomic E-state index is 15.8. The van der Waals surface area contributed by atoms with Crippen molar-refractivity contribution in [3.8, 4) is 0 Å². The molecule has 11 unspecified atom stereocenters. The molecule has 0 spiro atoms. The molecule has 0 aromatic heterocycles. The Kier molecular flexibility index (Phi) is 14.5. The second-order valence-electron chi connectivity index (χ2n) is 20.0. The normalized spacial score (nSPS) is 28.6. The molecule has 1 saturated heterocycles. The number of aryl methyl sites for hydroxylation is 1. The molecule has 1 amide bonds. The fourth-order valence-corrected chi connectivity index (χ4v) is 11.2. The molecular formula is C56H59NO16. The second kappa shape index (κ2) is 20.4. The van der Waals surface area contributed by atoms with Crippen LogP contribution in [-0.2, 0) is 58.9 Å². The minimum absolute atomic E-state index is 0.0422. The van der Waals surface area contributed by atoms with E-state index in [2.05, 4.69) is 5.32 Å². The lowest BCUT2D eigenvalue weighted by Crippen LogP contribution is -2.82. The van der Waals surface area contributed by atoms with Crippen LogP contribution in [0.4, 0.5) is 4.79 Å². The summed E-state index contributed by atoms with van der Waals surface area (Å²) in [7, 11) is 0. The highest BCUT2D eigenvalue weighted by molar-refractivity contribution is 5.96. The number of hydrogen-bond acceptors (Lipinski definition) is 16. The molecule has 0 radical (unpaired) electrons. The number of hydrogen-bond donors (Lipinski definition) is 3. The molecule has 4 aromatic carbocycles. The summed E-state index contributed by atoms with van der Waals surface area (Å²) in [5.74, 6) is -7.10. The quantitative estimate of drug-likeness (QED) is 0.0746. The molecule has 73 heavy (non-hydrogen) atoms. The summed E-state index contributed by atoms with van der Waals surface area (Å²) >= 11 is 0. The molecule has 1 heterocycles. The van der Waals surface area contributed by atoms with E-state index >= 15 is 9.59 Å². The smallest absolute Gasteiger partial charge is 0.455 e. The van der Waals surface area contributed by atoms with E-state index < -0.39 is 119 Å². The van der Waals surface area contributed by atoms with E-state index in [1.54, 1.807) is 105 Å². The van der Waals surface area contributed by atoms with Crippen molar-refractivity contribution in [2.24, 2.45) is 16.7 Å². The standard InChI is InChI=1S/C56H59NO16/c1-31-23-25-35(26-24-31)29-67-52(65)71-45(43(36-17-11-8-12-18-36)57-49(62)37-19-13-9-14-20-37)51(64)70-39-28-56(66)48(72-50(63)38-21-15-10-16-22-38)46-54(7,40(60)27-41-55(46,30-68-41)73-34(4)59)47(61)44(69-33(3)58)42(32(39)2)53(56,5)6/h8-26,39-41,43-46,48,60,66H,27-30H2,1-7H3,(H,57,62). The van der Waals surface area contributed by atoms with Gasteiger partial charge in [-0.3, -0.25) is 19.2 Å². The molecule has 2 bridgehead atoms. The van der Waals surface area contributed by atoms with Gasteiger partial charge in [0.15, 0.2) is 17.5 Å². The molecule has 17 nitrogen and oxygen atoms in total. The van der Waals surface area contributed by atoms with Gasteiger partial charge in [0.1, 0.15) is 36.6 Å². The summed E-state index contributed by atoms with van der Waals surface area (Å²) in [5.41, 5.74) is -5.95. The van der Waals surface area contributed by atoms with Gasteiger partial charge < -0.3 is 48.7 Å². The van der Waals surface area contributed by atoms with Gasteiger partial charge in [0.05, 0.1) is 29.6 Å². The van der Waals surface area contributed by atoms with Gasteiger partial charge in [-0.05, 0) is 67.3 Å². The Labute approximate surface area is 422 Å². The van der Waals surface area contributed by atoms with Gasteiger partial charge in [-0.1, -0.05) is 110 Å². The Morgan fingerprint density at radius 2 is 1.38 bits per heavy atom. The van der Waals surface area contributed by atoms with E-state index in [1.807, 2.05) is 19.1 Å². The number of amides is 1. The number of ether oxygens (including phenoxy) is 7. The van der Waals surface area contributed by atoms with Crippen molar-refractivity contribution in [1.29, 1.82) is 0 Å². The van der Waals surface area contributed by atoms with Crippen LogP contribution in [0.5, 0.6) is 0 Å². The molecule has 1 aliphatic heterocycles. The number of rotatable bonds is 13. The monoisotopic (exact) mass is 1000 g/mol. The van der Waals surface area contributed by atoms with Crippen molar-refractivity contribution >= 4 is 41.7 Å². The first kappa shape index (κ1) is 52.1. The van der Waals surface area contributed by atoms with Gasteiger partial charge in [-0.15, -0.1) is 0 Å². The summed E-state index contributed by atoms with van der Waals surface area (Å²) in [6.07, 6.45) is -12.2. The van der Waals surface area contributed by atoms with Crippen molar-refractivity contribution < 1.29 is 76.9 Å². The zero-order valence-electron chi connectivity index (χ0n) is 41.5. The SMILES string of the molecule is CC(=O)OC1C(=O)C2(C)C(O)CC3OCC3(OC(C)=O)C2C(OC(=O)c2ccccc2)C2(O)CC(OC(=O)C(OC(=O)OCc3ccc(C)cc3)C(NC(=O)c3ccccc3)c3ccccc3)C(C)=C1C2(C)C. The second-order valence-corrected chi connectivity index (χ2v) is 20.0. The van der Waals surface area contributed by atoms with Gasteiger partial charge in [0, 0.05) is 37.7 Å². The molecule has 2 saturated carbocycles. The van der Waals surface area contributed by atoms with E-state index in [-0.39, 0.29) is 41.9 Å². The number of aliphatic hydroxyl groups is 2. The largest absolute Gasteiger partial charge is 0.509 e. The summed E-state index contributed by atoms with van der Waals surface area (Å²) in [4.78, 5) is 99.7. The average molecular weight is 1000 g/mol. The lowest BCUT2D eigenvalue weighted by atomic mass is 9.44. The molecule has 11 atom stereocenters. The number of carbonyl (C=O) groups excluding carboxylic acids is 7. The zero-order valence-corrected chi connectivity index (χ0v) is 41.5. The Bertz CT molecular complexity index is 2800. The third-order valence-corrected chi connectivity index (χ3v) is 15.2. The summed E-state index contributed by atoms with van der Waals surface area (Å²) < 4.78 is 42.2. The van der Waals surface area contributed by atoms with Gasteiger partial charge in [0.2, 0.25) is 6.10 Å². The summed E-state index contributed by atoms with van der Waals surface area (Å²) in [5, 5.41) is 29.0. The predicted octanol–water partition coefficient (Wildman–Crippen LogP) is 6.41. The highest BCUT2D eigenvalue weighted by atomic mass is 16.7. The third-order valence-electron chi connectivity index (χ3n) is 15.2. The molecule has 4 aliphatic rings. The lowest BCUT2D eigenvalue weighted by molar-refractivity contribution is -0.346. The number of nitrogens with one attached hydrogen (secondary N) is 1. The first-order valence-electron chi connectivity index (χ1n) is 24.0. The van der Waals surface area contributed by atoms with Crippen LogP contribution in [0.2, 0.25) is 0 Å². The molecule has 3 fully saturated rings. The molecule has 17 heteroatoms. The van der Waals surface area contributed by atoms with Crippen molar-refractivity contribution in [1.82, 2.24) is 5.32 Å². The Balaban J connectivity index is 1.28. The van der Waals surface area contributed by atoms with Gasteiger partial charge in [0.25, 0.3) is 5.91 Å². The van der Waals surface area contributed by atoms with Crippen LogP contribution < -0.4 is 5.32 Å². The minimum Gasteiger partial charge on any atom is -0.455 e. The number of benzene rings is 4. The van der Waals surface area contributed by atoms with Crippen molar-refractivity contribution in [2.45, 2.75) is 122 Å². The van der Waals surface area contributed by atoms with E-state index in [4.69, 9.17) is 33.2 Å². The van der Waals surface area contributed by atoms with Gasteiger partial charge in [-0.2, -0.15) is 0 Å². The summed E-state index contributed by atoms with van der Waals surface area (Å²) in [6.45, 7) is 9.51. The molecule has 8 rings (SSSR count). The molecule has 3 N–H and O–H groups in total.